The minimum atomic E-state index is -0.630. The van der Waals surface area contributed by atoms with Gasteiger partial charge >= 0.3 is 0 Å². The Morgan fingerprint density at radius 2 is 1.80 bits per heavy atom. The highest BCUT2D eigenvalue weighted by Gasteiger charge is 2.22. The quantitative estimate of drug-likeness (QED) is 0.237. The first kappa shape index (κ1) is 25.2. The normalized spacial score (nSPS) is 11.8. The third-order valence-corrected chi connectivity index (χ3v) is 6.28. The Labute approximate surface area is 227 Å². The van der Waals surface area contributed by atoms with Crippen molar-refractivity contribution in [1.29, 1.82) is 0 Å². The maximum absolute atomic E-state index is 16.1. The molecule has 3 N–H and O–H groups in total. The number of imidazole rings is 1. The van der Waals surface area contributed by atoms with Crippen LogP contribution in [0.1, 0.15) is 27.2 Å². The lowest BCUT2D eigenvalue weighted by Gasteiger charge is -2.17. The van der Waals surface area contributed by atoms with Crippen LogP contribution >= 0.6 is 0 Å². The van der Waals surface area contributed by atoms with Gasteiger partial charge < -0.3 is 10.3 Å². The molecule has 0 spiro atoms. The second-order valence-electron chi connectivity index (χ2n) is 10.7. The summed E-state index contributed by atoms with van der Waals surface area (Å²) in [7, 11) is 0. The monoisotopic (exact) mass is 538 g/mol. The van der Waals surface area contributed by atoms with Crippen molar-refractivity contribution in [2.24, 2.45) is 5.41 Å². The smallest absolute Gasteiger partial charge is 0.224 e. The first-order chi connectivity index (χ1) is 19.2. The number of hydrogen-bond acceptors (Lipinski definition) is 6. The zero-order chi connectivity index (χ0) is 28.0. The average molecular weight is 539 g/mol. The number of aromatic amines is 2. The molecule has 0 radical (unpaired) electrons. The number of carbonyl (C=O) groups excluding carboxylic acids is 1. The Kier molecular flexibility index (Phi) is 6.05. The fraction of sp³-hybridized carbons (Fsp3) is 0.172. The molecular weight excluding hydrogens is 514 g/mol. The first-order valence-electron chi connectivity index (χ1n) is 12.6. The van der Waals surface area contributed by atoms with Gasteiger partial charge in [0.15, 0.2) is 11.6 Å². The van der Waals surface area contributed by atoms with Crippen LogP contribution in [0.25, 0.3) is 56.0 Å². The molecule has 11 heteroatoms. The van der Waals surface area contributed by atoms with Gasteiger partial charge in [0.25, 0.3) is 0 Å². The van der Waals surface area contributed by atoms with Crippen molar-refractivity contribution < 1.29 is 13.6 Å². The molecule has 0 aliphatic heterocycles. The van der Waals surface area contributed by atoms with E-state index in [1.807, 2.05) is 20.8 Å². The number of amides is 1. The number of hydrogen-bond donors (Lipinski definition) is 3. The molecule has 0 bridgehead atoms. The van der Waals surface area contributed by atoms with E-state index < -0.39 is 11.6 Å². The van der Waals surface area contributed by atoms with E-state index in [-0.39, 0.29) is 33.9 Å². The molecule has 6 aromatic rings. The lowest BCUT2D eigenvalue weighted by atomic mass is 9.92. The van der Waals surface area contributed by atoms with Gasteiger partial charge in [-0.1, -0.05) is 32.9 Å². The standard InChI is InChI=1S/C29H24F2N8O/c1-29(2,3)11-21(40)35-16-10-15(12-32-13-16)24-23(31)22-20(14-34-24)38-39-27(22)28-36-19-8-9-33-25(26(19)37-28)17-6-4-5-7-18(17)30/h4-10,12-14H,11H2,1-3H3,(H,35,40)(H,36,37)(H,38,39). The Bertz CT molecular complexity index is 1900. The molecule has 1 amide bonds. The van der Waals surface area contributed by atoms with E-state index in [1.54, 1.807) is 36.5 Å². The largest absolute Gasteiger partial charge is 0.336 e. The second kappa shape index (κ2) is 9.60. The number of pyridine rings is 3. The number of H-pyrrole nitrogens is 2. The Morgan fingerprint density at radius 1 is 0.975 bits per heavy atom. The fourth-order valence-electron chi connectivity index (χ4n) is 4.57. The van der Waals surface area contributed by atoms with Crippen LogP contribution in [-0.2, 0) is 4.79 Å². The summed E-state index contributed by atoms with van der Waals surface area (Å²) in [5.74, 6) is -0.940. The maximum Gasteiger partial charge on any atom is 0.224 e. The van der Waals surface area contributed by atoms with Crippen molar-refractivity contribution in [3.63, 3.8) is 0 Å². The highest BCUT2D eigenvalue weighted by molar-refractivity contribution is 5.97. The summed E-state index contributed by atoms with van der Waals surface area (Å²) in [5.41, 5.74) is 2.96. The Balaban J connectivity index is 1.41. The van der Waals surface area contributed by atoms with Crippen LogP contribution in [0.3, 0.4) is 0 Å². The van der Waals surface area contributed by atoms with Gasteiger partial charge in [0, 0.05) is 29.9 Å². The van der Waals surface area contributed by atoms with E-state index in [2.05, 4.69) is 40.4 Å². The number of carbonyl (C=O) groups is 1. The zero-order valence-corrected chi connectivity index (χ0v) is 21.9. The average Bonchev–Trinajstić information content (AvgIpc) is 3.53. The summed E-state index contributed by atoms with van der Waals surface area (Å²) >= 11 is 0. The lowest BCUT2D eigenvalue weighted by Crippen LogP contribution is -2.19. The van der Waals surface area contributed by atoms with Gasteiger partial charge in [-0.25, -0.2) is 13.8 Å². The van der Waals surface area contributed by atoms with Crippen molar-refractivity contribution in [3.05, 3.63) is 72.8 Å². The summed E-state index contributed by atoms with van der Waals surface area (Å²) in [6.45, 7) is 5.91. The molecule has 40 heavy (non-hydrogen) atoms. The molecule has 0 saturated carbocycles. The predicted octanol–water partition coefficient (Wildman–Crippen LogP) is 6.28. The molecule has 5 aromatic heterocycles. The SMILES string of the molecule is CC(C)(C)CC(=O)Nc1cncc(-c2ncc3[nH]nc(-c4nc5c(-c6ccccc6F)nccc5[nH]4)c3c2F)c1. The molecule has 0 aliphatic rings. The highest BCUT2D eigenvalue weighted by Crippen LogP contribution is 2.34. The van der Waals surface area contributed by atoms with E-state index >= 15 is 4.39 Å². The lowest BCUT2D eigenvalue weighted by molar-refractivity contribution is -0.117. The number of anilines is 1. The minimum Gasteiger partial charge on any atom is -0.336 e. The number of halogens is 2. The number of aromatic nitrogens is 7. The van der Waals surface area contributed by atoms with Crippen molar-refractivity contribution in [2.45, 2.75) is 27.2 Å². The molecule has 0 unspecified atom stereocenters. The van der Waals surface area contributed by atoms with Crippen LogP contribution < -0.4 is 5.32 Å². The molecule has 5 heterocycles. The molecule has 200 valence electrons. The van der Waals surface area contributed by atoms with Crippen LogP contribution in [0.4, 0.5) is 14.5 Å². The van der Waals surface area contributed by atoms with Gasteiger partial charge in [0.1, 0.15) is 28.4 Å². The number of nitrogens with zero attached hydrogens (tertiary/aromatic N) is 5. The third-order valence-electron chi connectivity index (χ3n) is 6.28. The van der Waals surface area contributed by atoms with Gasteiger partial charge in [0.2, 0.25) is 5.91 Å². The van der Waals surface area contributed by atoms with Crippen molar-refractivity contribution in [1.82, 2.24) is 35.1 Å². The van der Waals surface area contributed by atoms with Crippen LogP contribution in [0.2, 0.25) is 0 Å². The molecular formula is C29H24F2N8O. The Morgan fingerprint density at radius 3 is 2.60 bits per heavy atom. The second-order valence-corrected chi connectivity index (χ2v) is 10.7. The number of rotatable bonds is 5. The van der Waals surface area contributed by atoms with Gasteiger partial charge in [-0.3, -0.25) is 24.8 Å². The zero-order valence-electron chi connectivity index (χ0n) is 21.9. The molecule has 6 rings (SSSR count). The summed E-state index contributed by atoms with van der Waals surface area (Å²) < 4.78 is 30.6. The molecule has 0 atom stereocenters. The number of fused-ring (bicyclic) bond motifs is 2. The van der Waals surface area contributed by atoms with E-state index in [0.717, 1.165) is 0 Å². The summed E-state index contributed by atoms with van der Waals surface area (Å²) in [6, 6.07) is 9.63. The summed E-state index contributed by atoms with van der Waals surface area (Å²) in [4.78, 5) is 33.0. The summed E-state index contributed by atoms with van der Waals surface area (Å²) in [5, 5.41) is 10.1. The third kappa shape index (κ3) is 4.66. The van der Waals surface area contributed by atoms with Gasteiger partial charge in [-0.15, -0.1) is 0 Å². The van der Waals surface area contributed by atoms with E-state index in [4.69, 9.17) is 0 Å². The molecule has 0 fully saturated rings. The fourth-order valence-corrected chi connectivity index (χ4v) is 4.57. The first-order valence-corrected chi connectivity index (χ1v) is 12.6. The number of nitrogens with one attached hydrogen (secondary N) is 3. The highest BCUT2D eigenvalue weighted by atomic mass is 19.1. The minimum absolute atomic E-state index is 0.0411. The van der Waals surface area contributed by atoms with E-state index in [1.165, 1.54) is 24.7 Å². The predicted molar refractivity (Wildman–Crippen MR) is 148 cm³/mol. The van der Waals surface area contributed by atoms with Crippen LogP contribution in [-0.4, -0.2) is 41.0 Å². The van der Waals surface area contributed by atoms with Gasteiger partial charge in [-0.2, -0.15) is 5.10 Å². The molecule has 9 nitrogen and oxygen atoms in total. The number of benzene rings is 1. The van der Waals surface area contributed by atoms with Crippen LogP contribution in [0, 0.1) is 17.0 Å². The Hall–Kier alpha value is -5.06. The molecule has 1 aromatic carbocycles. The molecule has 0 saturated heterocycles. The van der Waals surface area contributed by atoms with Gasteiger partial charge in [-0.05, 0) is 29.7 Å². The maximum atomic E-state index is 16.1. The van der Waals surface area contributed by atoms with Crippen LogP contribution in [0.5, 0.6) is 0 Å². The molecule has 0 aliphatic carbocycles. The van der Waals surface area contributed by atoms with Crippen molar-refractivity contribution in [2.75, 3.05) is 5.32 Å². The van der Waals surface area contributed by atoms with E-state index in [0.29, 0.717) is 45.5 Å². The van der Waals surface area contributed by atoms with E-state index in [9.17, 15) is 9.18 Å². The van der Waals surface area contributed by atoms with Gasteiger partial charge in [0.05, 0.1) is 34.5 Å². The topological polar surface area (TPSA) is 125 Å². The van der Waals surface area contributed by atoms with Crippen molar-refractivity contribution >= 4 is 33.5 Å². The van der Waals surface area contributed by atoms with Crippen molar-refractivity contribution in [3.8, 4) is 34.0 Å². The van der Waals surface area contributed by atoms with Crippen LogP contribution in [0.15, 0.2) is 61.2 Å². The summed E-state index contributed by atoms with van der Waals surface area (Å²) in [6.07, 6.45) is 6.32.